The molecule has 0 amide bonds. The maximum Gasteiger partial charge on any atom is 0.0689 e. The molecule has 0 rings (SSSR count). The van der Waals surface area contributed by atoms with Gasteiger partial charge in [-0.15, -0.1) is 0 Å². The van der Waals surface area contributed by atoms with Gasteiger partial charge in [0.15, 0.2) is 0 Å². The molecule has 0 aliphatic heterocycles. The first-order chi connectivity index (χ1) is 3.73. The zero-order valence-electron chi connectivity index (χ0n) is 5.49. The average molecular weight is 194 g/mol. The molecule has 9 heavy (non-hydrogen) atoms. The fourth-order valence-electron chi connectivity index (χ4n) is 0. The summed E-state index contributed by atoms with van der Waals surface area (Å²) in [6.45, 7) is 5.49. The van der Waals surface area contributed by atoms with Gasteiger partial charge in [-0.25, -0.2) is 0 Å². The van der Waals surface area contributed by atoms with Crippen LogP contribution in [0.2, 0.25) is 19.6 Å². The molecule has 0 aliphatic rings. The summed E-state index contributed by atoms with van der Waals surface area (Å²) in [5, 5.41) is 14.8. The van der Waals surface area contributed by atoms with Gasteiger partial charge in [0.25, 0.3) is 0 Å². The summed E-state index contributed by atoms with van der Waals surface area (Å²) in [5.74, 6) is 0. The van der Waals surface area contributed by atoms with Crippen molar-refractivity contribution in [3.8, 4) is 0 Å². The third-order valence-electron chi connectivity index (χ3n) is 0. The minimum atomic E-state index is -1.75. The SMILES string of the molecule is C[Si](C)(C)[Ni+].O=[N+]([O-])[O-]. The molecule has 0 aromatic rings. The van der Waals surface area contributed by atoms with Gasteiger partial charge < -0.3 is 15.3 Å². The van der Waals surface area contributed by atoms with Crippen molar-refractivity contribution < 1.29 is 19.9 Å². The Bertz CT molecular complexity index is 81.5. The molecule has 6 heteroatoms. The van der Waals surface area contributed by atoms with Crippen LogP contribution < -0.4 is 0 Å². The second-order valence-corrected chi connectivity index (χ2v) is 10.6. The normalized spacial score (nSPS) is 9.44. The Hall–Kier alpha value is -0.0896. The molecular formula is C3H9NNiO3Si. The molecule has 0 aromatic heterocycles. The Balaban J connectivity index is 0. The quantitative estimate of drug-likeness (QED) is 0.329. The van der Waals surface area contributed by atoms with Crippen LogP contribution in [0.15, 0.2) is 0 Å². The van der Waals surface area contributed by atoms with E-state index in [4.69, 9.17) is 30.2 Å². The van der Waals surface area contributed by atoms with Crippen LogP contribution in [-0.4, -0.2) is 11.9 Å². The van der Waals surface area contributed by atoms with Gasteiger partial charge in [-0.2, -0.15) is 0 Å². The molecule has 0 unspecified atom stereocenters. The van der Waals surface area contributed by atoms with E-state index in [1.165, 1.54) is 0 Å². The van der Waals surface area contributed by atoms with Crippen molar-refractivity contribution in [2.24, 2.45) is 0 Å². The summed E-state index contributed by atoms with van der Waals surface area (Å²) in [6, 6.07) is 0. The summed E-state index contributed by atoms with van der Waals surface area (Å²) in [6.07, 6.45) is 0. The third-order valence-corrected chi connectivity index (χ3v) is 0. The molecule has 0 atom stereocenters. The largest absolute Gasteiger partial charge is 0.356 e. The van der Waals surface area contributed by atoms with Gasteiger partial charge >= 0.3 is 41.2 Å². The van der Waals surface area contributed by atoms with Crippen molar-refractivity contribution >= 4 is 6.77 Å². The summed E-state index contributed by atoms with van der Waals surface area (Å²) < 4.78 is 0. The molecule has 0 N–H and O–H groups in total. The van der Waals surface area contributed by atoms with E-state index in [0.29, 0.717) is 0 Å². The molecule has 0 heterocycles. The van der Waals surface area contributed by atoms with Crippen molar-refractivity contribution in [3.63, 3.8) is 0 Å². The standard InChI is InChI=1S/C3H9Si.NO3.Ni/c1-4(2)3;2-1(3)4;/h1-3H3;;/q;-1;+1. The van der Waals surface area contributed by atoms with E-state index in [1.807, 2.05) is 0 Å². The van der Waals surface area contributed by atoms with Crippen molar-refractivity contribution in [2.75, 3.05) is 0 Å². The van der Waals surface area contributed by atoms with Gasteiger partial charge in [0.1, 0.15) is 0 Å². The van der Waals surface area contributed by atoms with Crippen LogP contribution in [0, 0.1) is 15.3 Å². The van der Waals surface area contributed by atoms with Gasteiger partial charge in [0.05, 0.1) is 5.09 Å². The monoisotopic (exact) mass is 193 g/mol. The minimum Gasteiger partial charge on any atom is -0.356 e. The smallest absolute Gasteiger partial charge is 0.0689 e. The Labute approximate surface area is 62.2 Å². The molecule has 4 nitrogen and oxygen atoms in total. The second kappa shape index (κ2) is 4.76. The second-order valence-electron chi connectivity index (χ2n) is 2.20. The van der Waals surface area contributed by atoms with E-state index < -0.39 is 11.9 Å². The number of hydrogen-bond acceptors (Lipinski definition) is 3. The van der Waals surface area contributed by atoms with Gasteiger partial charge in [0.2, 0.25) is 0 Å². The number of nitrogens with zero attached hydrogens (tertiary/aromatic N) is 1. The molecule has 58 valence electrons. The predicted octanol–water partition coefficient (Wildman–Crippen LogP) is 1.13. The Morgan fingerprint density at radius 1 is 1.33 bits per heavy atom. The van der Waals surface area contributed by atoms with Crippen LogP contribution >= 0.6 is 0 Å². The van der Waals surface area contributed by atoms with Crippen LogP contribution in [0.25, 0.3) is 0 Å². The van der Waals surface area contributed by atoms with Gasteiger partial charge in [0, 0.05) is 0 Å². The van der Waals surface area contributed by atoms with Crippen molar-refractivity contribution in [3.05, 3.63) is 15.3 Å². The van der Waals surface area contributed by atoms with E-state index in [-0.39, 0.29) is 0 Å². The fraction of sp³-hybridized carbons (Fsp3) is 1.00. The number of hydrogen-bond donors (Lipinski definition) is 0. The van der Waals surface area contributed by atoms with E-state index in [0.717, 1.165) is 0 Å². The summed E-state index contributed by atoms with van der Waals surface area (Å²) in [7, 11) is 0. The molecule has 0 aromatic carbocycles. The van der Waals surface area contributed by atoms with Crippen LogP contribution in [0.5, 0.6) is 0 Å². The zero-order valence-corrected chi connectivity index (χ0v) is 7.48. The van der Waals surface area contributed by atoms with Crippen LogP contribution in [0.4, 0.5) is 0 Å². The average Bonchev–Trinajstić information content (AvgIpc) is 1.19. The van der Waals surface area contributed by atoms with Crippen molar-refractivity contribution in [2.45, 2.75) is 19.6 Å². The molecule has 0 spiro atoms. The minimum absolute atomic E-state index is 0.986. The van der Waals surface area contributed by atoms with Gasteiger partial charge in [-0.3, -0.25) is 0 Å². The van der Waals surface area contributed by atoms with Crippen molar-refractivity contribution in [1.82, 2.24) is 0 Å². The summed E-state index contributed by atoms with van der Waals surface area (Å²) >= 11 is 4.70. The Kier molecular flexibility index (Phi) is 6.17. The van der Waals surface area contributed by atoms with E-state index in [2.05, 4.69) is 19.6 Å². The maximum absolute atomic E-state index is 8.25. The molecule has 0 fully saturated rings. The molecular weight excluding hydrogens is 185 g/mol. The first-order valence-corrected chi connectivity index (χ1v) is 7.00. The van der Waals surface area contributed by atoms with E-state index in [9.17, 15) is 0 Å². The van der Waals surface area contributed by atoms with Crippen LogP contribution in [-0.2, 0) is 14.8 Å². The molecule has 0 bridgehead atoms. The first kappa shape index (κ1) is 11.7. The van der Waals surface area contributed by atoms with Crippen LogP contribution in [0.3, 0.4) is 0 Å². The van der Waals surface area contributed by atoms with Gasteiger partial charge in [-0.05, 0) is 0 Å². The molecule has 0 radical (unpaired) electrons. The van der Waals surface area contributed by atoms with Crippen LogP contribution in [0.1, 0.15) is 0 Å². The Morgan fingerprint density at radius 2 is 1.33 bits per heavy atom. The predicted molar refractivity (Wildman–Crippen MR) is 33.7 cm³/mol. The topological polar surface area (TPSA) is 66.2 Å². The maximum atomic E-state index is 8.25. The summed E-state index contributed by atoms with van der Waals surface area (Å²) in [4.78, 5) is 8.25. The van der Waals surface area contributed by atoms with E-state index >= 15 is 0 Å². The molecule has 0 saturated carbocycles. The third kappa shape index (κ3) is 34400. The van der Waals surface area contributed by atoms with Crippen molar-refractivity contribution in [1.29, 1.82) is 0 Å². The molecule has 0 saturated heterocycles. The summed E-state index contributed by atoms with van der Waals surface area (Å²) in [5.41, 5.74) is 0. The Morgan fingerprint density at radius 3 is 1.33 bits per heavy atom. The number of rotatable bonds is 0. The van der Waals surface area contributed by atoms with E-state index in [1.54, 1.807) is 0 Å². The molecule has 0 aliphatic carbocycles. The fourth-order valence-corrected chi connectivity index (χ4v) is 0. The zero-order chi connectivity index (χ0) is 8.08. The first-order valence-electron chi connectivity index (χ1n) is 2.21. The van der Waals surface area contributed by atoms with Gasteiger partial charge in [-0.1, -0.05) is 0 Å².